The Morgan fingerprint density at radius 2 is 2.05 bits per heavy atom. The fraction of sp³-hybridized carbons (Fsp3) is 0.647. The average Bonchev–Trinajstić information content (AvgIpc) is 2.99. The Kier molecular flexibility index (Phi) is 5.88. The molecule has 1 saturated heterocycles. The molecular weight excluding hydrogens is 264 g/mol. The van der Waals surface area contributed by atoms with E-state index in [-0.39, 0.29) is 0 Å². The highest BCUT2D eigenvalue weighted by atomic mass is 16.5. The second-order valence-corrected chi connectivity index (χ2v) is 5.65. The summed E-state index contributed by atoms with van der Waals surface area (Å²) in [4.78, 5) is 2.61. The third kappa shape index (κ3) is 3.69. The van der Waals surface area contributed by atoms with Crippen LogP contribution in [0.5, 0.6) is 11.5 Å². The summed E-state index contributed by atoms with van der Waals surface area (Å²) in [5.74, 6) is 1.58. The molecule has 1 aliphatic rings. The number of nitrogens with one attached hydrogen (secondary N) is 1. The Bertz CT molecular complexity index is 450. The van der Waals surface area contributed by atoms with Crippen LogP contribution < -0.4 is 14.8 Å². The molecule has 1 N–H and O–H groups in total. The maximum Gasteiger partial charge on any atom is 0.161 e. The number of nitrogens with zero attached hydrogens (tertiary/aromatic N) is 1. The highest BCUT2D eigenvalue weighted by Crippen LogP contribution is 2.31. The van der Waals surface area contributed by atoms with E-state index < -0.39 is 0 Å². The van der Waals surface area contributed by atoms with Gasteiger partial charge in [-0.05, 0) is 50.6 Å². The number of rotatable bonds is 7. The molecule has 0 spiro atoms. The van der Waals surface area contributed by atoms with Crippen molar-refractivity contribution in [3.8, 4) is 11.5 Å². The van der Waals surface area contributed by atoms with Crippen LogP contribution in [-0.2, 0) is 0 Å². The number of hydrogen-bond acceptors (Lipinski definition) is 4. The summed E-state index contributed by atoms with van der Waals surface area (Å²) < 4.78 is 10.7. The first kappa shape index (κ1) is 16.1. The van der Waals surface area contributed by atoms with E-state index in [1.54, 1.807) is 14.2 Å². The predicted octanol–water partition coefficient (Wildman–Crippen LogP) is 2.84. The summed E-state index contributed by atoms with van der Waals surface area (Å²) in [6.07, 6.45) is 3.89. The average molecular weight is 292 g/mol. The summed E-state index contributed by atoms with van der Waals surface area (Å²) in [7, 11) is 5.38. The molecule has 0 radical (unpaired) electrons. The Labute approximate surface area is 128 Å². The van der Waals surface area contributed by atoms with E-state index in [4.69, 9.17) is 9.47 Å². The zero-order chi connectivity index (χ0) is 15.2. The number of ether oxygens (including phenoxy) is 2. The monoisotopic (exact) mass is 292 g/mol. The molecule has 0 saturated carbocycles. The minimum absolute atomic E-state index is 0.317. The number of benzene rings is 1. The standard InChI is InChI=1S/C17H28N2O2/c1-5-14-7-6-10-19(14)12-15(18-2)13-8-9-16(20-3)17(11-13)21-4/h8-9,11,14-15,18H,5-7,10,12H2,1-4H3. The van der Waals surface area contributed by atoms with Crippen molar-refractivity contribution in [2.24, 2.45) is 0 Å². The molecule has 1 aromatic rings. The van der Waals surface area contributed by atoms with Crippen LogP contribution in [0.4, 0.5) is 0 Å². The molecule has 0 amide bonds. The van der Waals surface area contributed by atoms with Crippen LogP contribution in [0.25, 0.3) is 0 Å². The molecule has 2 rings (SSSR count). The van der Waals surface area contributed by atoms with E-state index >= 15 is 0 Å². The van der Waals surface area contributed by atoms with Crippen molar-refractivity contribution >= 4 is 0 Å². The fourth-order valence-corrected chi connectivity index (χ4v) is 3.27. The summed E-state index contributed by atoms with van der Waals surface area (Å²) in [6, 6.07) is 7.24. The zero-order valence-electron chi connectivity index (χ0n) is 13.7. The number of methoxy groups -OCH3 is 2. The van der Waals surface area contributed by atoms with Crippen LogP contribution in [0.1, 0.15) is 37.8 Å². The van der Waals surface area contributed by atoms with Gasteiger partial charge in [0.25, 0.3) is 0 Å². The van der Waals surface area contributed by atoms with Gasteiger partial charge in [0.05, 0.1) is 14.2 Å². The van der Waals surface area contributed by atoms with Crippen molar-refractivity contribution in [3.63, 3.8) is 0 Å². The first-order chi connectivity index (χ1) is 10.2. The van der Waals surface area contributed by atoms with Crippen LogP contribution >= 0.6 is 0 Å². The van der Waals surface area contributed by atoms with Crippen molar-refractivity contribution in [1.29, 1.82) is 0 Å². The van der Waals surface area contributed by atoms with E-state index in [1.165, 1.54) is 31.4 Å². The van der Waals surface area contributed by atoms with Crippen molar-refractivity contribution in [3.05, 3.63) is 23.8 Å². The van der Waals surface area contributed by atoms with Crippen LogP contribution in [0, 0.1) is 0 Å². The van der Waals surface area contributed by atoms with Crippen molar-refractivity contribution in [2.45, 2.75) is 38.3 Å². The van der Waals surface area contributed by atoms with E-state index in [2.05, 4.69) is 29.3 Å². The molecule has 21 heavy (non-hydrogen) atoms. The molecule has 1 heterocycles. The van der Waals surface area contributed by atoms with Gasteiger partial charge in [-0.2, -0.15) is 0 Å². The lowest BCUT2D eigenvalue weighted by Crippen LogP contribution is -2.36. The normalized spacial score (nSPS) is 20.5. The third-order valence-electron chi connectivity index (χ3n) is 4.55. The van der Waals surface area contributed by atoms with Gasteiger partial charge in [-0.15, -0.1) is 0 Å². The Hall–Kier alpha value is -1.26. The van der Waals surface area contributed by atoms with Crippen LogP contribution in [0.3, 0.4) is 0 Å². The number of likely N-dealkylation sites (tertiary alicyclic amines) is 1. The molecule has 118 valence electrons. The van der Waals surface area contributed by atoms with Crippen molar-refractivity contribution in [2.75, 3.05) is 34.4 Å². The molecule has 1 aromatic carbocycles. The first-order valence-electron chi connectivity index (χ1n) is 7.86. The zero-order valence-corrected chi connectivity index (χ0v) is 13.7. The molecule has 0 bridgehead atoms. The molecule has 4 nitrogen and oxygen atoms in total. The van der Waals surface area contributed by atoms with Gasteiger partial charge in [0, 0.05) is 18.6 Å². The van der Waals surface area contributed by atoms with Gasteiger partial charge < -0.3 is 14.8 Å². The minimum atomic E-state index is 0.317. The largest absolute Gasteiger partial charge is 0.493 e. The van der Waals surface area contributed by atoms with Gasteiger partial charge in [-0.1, -0.05) is 13.0 Å². The fourth-order valence-electron chi connectivity index (χ4n) is 3.27. The summed E-state index contributed by atoms with van der Waals surface area (Å²) in [5.41, 5.74) is 1.25. The van der Waals surface area contributed by atoms with E-state index in [0.29, 0.717) is 6.04 Å². The minimum Gasteiger partial charge on any atom is -0.493 e. The van der Waals surface area contributed by atoms with E-state index in [1.807, 2.05) is 13.1 Å². The van der Waals surface area contributed by atoms with Gasteiger partial charge in [0.1, 0.15) is 0 Å². The lowest BCUT2D eigenvalue weighted by molar-refractivity contribution is 0.224. The van der Waals surface area contributed by atoms with Crippen LogP contribution in [0.15, 0.2) is 18.2 Å². The predicted molar refractivity (Wildman–Crippen MR) is 86.2 cm³/mol. The van der Waals surface area contributed by atoms with Gasteiger partial charge in [-0.25, -0.2) is 0 Å². The number of likely N-dealkylation sites (N-methyl/N-ethyl adjacent to an activating group) is 1. The lowest BCUT2D eigenvalue weighted by Gasteiger charge is -2.28. The molecule has 0 aromatic heterocycles. The van der Waals surface area contributed by atoms with Crippen LogP contribution in [0.2, 0.25) is 0 Å². The topological polar surface area (TPSA) is 33.7 Å². The molecule has 1 fully saturated rings. The Morgan fingerprint density at radius 1 is 1.29 bits per heavy atom. The lowest BCUT2D eigenvalue weighted by atomic mass is 10.0. The molecule has 0 aliphatic carbocycles. The van der Waals surface area contributed by atoms with Gasteiger partial charge in [0.15, 0.2) is 11.5 Å². The van der Waals surface area contributed by atoms with Crippen molar-refractivity contribution in [1.82, 2.24) is 10.2 Å². The first-order valence-corrected chi connectivity index (χ1v) is 7.86. The highest BCUT2D eigenvalue weighted by Gasteiger charge is 2.25. The third-order valence-corrected chi connectivity index (χ3v) is 4.55. The maximum atomic E-state index is 5.42. The van der Waals surface area contributed by atoms with Gasteiger partial charge in [-0.3, -0.25) is 4.90 Å². The van der Waals surface area contributed by atoms with Crippen molar-refractivity contribution < 1.29 is 9.47 Å². The van der Waals surface area contributed by atoms with Gasteiger partial charge >= 0.3 is 0 Å². The molecule has 2 unspecified atom stereocenters. The Balaban J connectivity index is 2.13. The summed E-state index contributed by atoms with van der Waals surface area (Å²) in [6.45, 7) is 4.54. The van der Waals surface area contributed by atoms with Crippen LogP contribution in [-0.4, -0.2) is 45.3 Å². The second-order valence-electron chi connectivity index (χ2n) is 5.65. The summed E-state index contributed by atoms with van der Waals surface area (Å²) >= 11 is 0. The Morgan fingerprint density at radius 3 is 2.67 bits per heavy atom. The molecule has 4 heteroatoms. The van der Waals surface area contributed by atoms with Gasteiger partial charge in [0.2, 0.25) is 0 Å². The maximum absolute atomic E-state index is 5.42. The molecule has 2 atom stereocenters. The smallest absolute Gasteiger partial charge is 0.161 e. The molecule has 1 aliphatic heterocycles. The van der Waals surface area contributed by atoms with E-state index in [9.17, 15) is 0 Å². The quantitative estimate of drug-likeness (QED) is 0.838. The molecular formula is C17H28N2O2. The SMILES string of the molecule is CCC1CCCN1CC(NC)c1ccc(OC)c(OC)c1. The second kappa shape index (κ2) is 7.66. The number of hydrogen-bond donors (Lipinski definition) is 1. The highest BCUT2D eigenvalue weighted by molar-refractivity contribution is 5.43. The van der Waals surface area contributed by atoms with E-state index in [0.717, 1.165) is 24.1 Å². The summed E-state index contributed by atoms with van der Waals surface area (Å²) in [5, 5.41) is 3.44.